The number of aromatic nitrogens is 2. The maximum absolute atomic E-state index is 12.8. The number of thiophene rings is 1. The molecule has 0 saturated carbocycles. The molecule has 3 aromatic rings. The molecule has 0 fully saturated rings. The number of benzene rings is 1. The fourth-order valence-corrected chi connectivity index (χ4v) is 3.69. The van der Waals surface area contributed by atoms with Gasteiger partial charge < -0.3 is 4.74 Å². The van der Waals surface area contributed by atoms with Crippen molar-refractivity contribution >= 4 is 27.5 Å². The van der Waals surface area contributed by atoms with E-state index >= 15 is 0 Å². The fraction of sp³-hybridized carbons (Fsp3) is 0.278. The molecule has 1 aromatic carbocycles. The summed E-state index contributed by atoms with van der Waals surface area (Å²) in [6.07, 6.45) is -3.08. The Morgan fingerprint density at radius 1 is 1.26 bits per heavy atom. The highest BCUT2D eigenvalue weighted by atomic mass is 32.1. The molecule has 0 aliphatic rings. The Morgan fingerprint density at radius 2 is 1.93 bits per heavy atom. The first-order valence-electron chi connectivity index (χ1n) is 8.04. The molecular formula is C18H15F3N2O3S. The van der Waals surface area contributed by atoms with E-state index in [1.807, 2.05) is 0 Å². The van der Waals surface area contributed by atoms with E-state index in [1.165, 1.54) is 23.0 Å². The van der Waals surface area contributed by atoms with Crippen LogP contribution in [0, 0.1) is 6.92 Å². The maximum atomic E-state index is 12.8. The minimum absolute atomic E-state index is 0.0734. The summed E-state index contributed by atoms with van der Waals surface area (Å²) < 4.78 is 44.2. The number of ether oxygens (including phenoxy) is 1. The van der Waals surface area contributed by atoms with Gasteiger partial charge in [-0.15, -0.1) is 11.3 Å². The Bertz CT molecular complexity index is 1050. The van der Waals surface area contributed by atoms with Crippen LogP contribution in [-0.4, -0.2) is 22.1 Å². The highest BCUT2D eigenvalue weighted by Crippen LogP contribution is 2.29. The van der Waals surface area contributed by atoms with E-state index in [1.54, 1.807) is 13.8 Å². The van der Waals surface area contributed by atoms with Crippen molar-refractivity contribution in [3.63, 3.8) is 0 Å². The highest BCUT2D eigenvalue weighted by molar-refractivity contribution is 7.20. The Hall–Kier alpha value is -2.68. The van der Waals surface area contributed by atoms with Crippen molar-refractivity contribution in [1.82, 2.24) is 9.55 Å². The summed E-state index contributed by atoms with van der Waals surface area (Å²) in [5.74, 6) is -0.508. The van der Waals surface area contributed by atoms with Gasteiger partial charge in [0.15, 0.2) is 0 Å². The summed E-state index contributed by atoms with van der Waals surface area (Å²) in [5, 5.41) is 0.317. The quantitative estimate of drug-likeness (QED) is 0.625. The van der Waals surface area contributed by atoms with Crippen molar-refractivity contribution in [2.75, 3.05) is 6.61 Å². The van der Waals surface area contributed by atoms with Crippen LogP contribution in [0.4, 0.5) is 13.2 Å². The molecular weight excluding hydrogens is 381 g/mol. The minimum Gasteiger partial charge on any atom is -0.462 e. The molecule has 0 atom stereocenters. The van der Waals surface area contributed by atoms with Crippen LogP contribution in [0.2, 0.25) is 0 Å². The fourth-order valence-electron chi connectivity index (χ4n) is 2.66. The number of halogens is 3. The SMILES string of the molecule is CCOC(=O)c1sc2ncn(Cc3ccc(C(F)(F)F)cc3)c(=O)c2c1C. The van der Waals surface area contributed by atoms with E-state index in [9.17, 15) is 22.8 Å². The van der Waals surface area contributed by atoms with Gasteiger partial charge in [-0.05, 0) is 37.1 Å². The number of carbonyl (C=O) groups excluding carboxylic acids is 1. The number of hydrogen-bond donors (Lipinski definition) is 0. The normalized spacial score (nSPS) is 11.7. The number of aryl methyl sites for hydroxylation is 1. The smallest absolute Gasteiger partial charge is 0.416 e. The van der Waals surface area contributed by atoms with E-state index in [2.05, 4.69) is 4.98 Å². The second kappa shape index (κ2) is 7.15. The second-order valence-corrected chi connectivity index (χ2v) is 6.83. The topological polar surface area (TPSA) is 61.2 Å². The lowest BCUT2D eigenvalue weighted by Gasteiger charge is -2.09. The zero-order valence-electron chi connectivity index (χ0n) is 14.5. The third-order valence-corrected chi connectivity index (χ3v) is 5.19. The van der Waals surface area contributed by atoms with Gasteiger partial charge in [0.05, 0.1) is 30.4 Å². The lowest BCUT2D eigenvalue weighted by molar-refractivity contribution is -0.137. The summed E-state index contributed by atoms with van der Waals surface area (Å²) in [6, 6.07) is 4.59. The van der Waals surface area contributed by atoms with Crippen LogP contribution < -0.4 is 5.56 Å². The first-order valence-corrected chi connectivity index (χ1v) is 8.85. The van der Waals surface area contributed by atoms with Crippen molar-refractivity contribution < 1.29 is 22.7 Å². The van der Waals surface area contributed by atoms with Crippen molar-refractivity contribution in [2.24, 2.45) is 0 Å². The zero-order chi connectivity index (χ0) is 19.8. The number of carbonyl (C=O) groups is 1. The average Bonchev–Trinajstić information content (AvgIpc) is 2.95. The second-order valence-electron chi connectivity index (χ2n) is 5.83. The van der Waals surface area contributed by atoms with E-state index < -0.39 is 17.7 Å². The molecule has 0 aliphatic heterocycles. The van der Waals surface area contributed by atoms with Gasteiger partial charge in [0.25, 0.3) is 5.56 Å². The largest absolute Gasteiger partial charge is 0.462 e. The van der Waals surface area contributed by atoms with Gasteiger partial charge in [-0.25, -0.2) is 9.78 Å². The van der Waals surface area contributed by atoms with E-state index in [4.69, 9.17) is 4.74 Å². The number of fused-ring (bicyclic) bond motifs is 1. The summed E-state index contributed by atoms with van der Waals surface area (Å²) in [6.45, 7) is 3.63. The molecule has 9 heteroatoms. The minimum atomic E-state index is -4.41. The molecule has 0 unspecified atom stereocenters. The van der Waals surface area contributed by atoms with E-state index in [0.29, 0.717) is 26.2 Å². The number of nitrogens with zero attached hydrogens (tertiary/aromatic N) is 2. The molecule has 2 heterocycles. The molecule has 5 nitrogen and oxygen atoms in total. The van der Waals surface area contributed by atoms with Crippen LogP contribution in [0.5, 0.6) is 0 Å². The maximum Gasteiger partial charge on any atom is 0.416 e. The lowest BCUT2D eigenvalue weighted by Crippen LogP contribution is -2.21. The number of hydrogen-bond acceptors (Lipinski definition) is 5. The Morgan fingerprint density at radius 3 is 2.52 bits per heavy atom. The number of esters is 1. The van der Waals surface area contributed by atoms with Crippen LogP contribution >= 0.6 is 11.3 Å². The zero-order valence-corrected chi connectivity index (χ0v) is 15.3. The molecule has 0 amide bonds. The summed E-state index contributed by atoms with van der Waals surface area (Å²) in [4.78, 5) is 29.7. The van der Waals surface area contributed by atoms with Crippen LogP contribution in [0.25, 0.3) is 10.2 Å². The van der Waals surface area contributed by atoms with Gasteiger partial charge in [0.2, 0.25) is 0 Å². The number of rotatable bonds is 4. The van der Waals surface area contributed by atoms with Gasteiger partial charge in [-0.2, -0.15) is 13.2 Å². The molecule has 0 radical (unpaired) electrons. The van der Waals surface area contributed by atoms with Crippen LogP contribution in [-0.2, 0) is 17.5 Å². The Balaban J connectivity index is 1.96. The van der Waals surface area contributed by atoms with Gasteiger partial charge in [-0.1, -0.05) is 12.1 Å². The van der Waals surface area contributed by atoms with Crippen molar-refractivity contribution in [1.29, 1.82) is 0 Å². The molecule has 2 aromatic heterocycles. The summed E-state index contributed by atoms with van der Waals surface area (Å²) >= 11 is 1.08. The van der Waals surface area contributed by atoms with Gasteiger partial charge in [0, 0.05) is 0 Å². The van der Waals surface area contributed by atoms with E-state index in [-0.39, 0.29) is 18.7 Å². The molecule has 0 bridgehead atoms. The first-order chi connectivity index (χ1) is 12.7. The van der Waals surface area contributed by atoms with Crippen molar-refractivity contribution in [2.45, 2.75) is 26.6 Å². The summed E-state index contributed by atoms with van der Waals surface area (Å²) in [5.41, 5.74) is -0.0819. The molecule has 142 valence electrons. The predicted molar refractivity (Wildman–Crippen MR) is 95.1 cm³/mol. The van der Waals surface area contributed by atoms with E-state index in [0.717, 1.165) is 23.5 Å². The predicted octanol–water partition coefficient (Wildman–Crippen LogP) is 4.01. The molecule has 3 rings (SSSR count). The number of alkyl halides is 3. The molecule has 0 N–H and O–H groups in total. The van der Waals surface area contributed by atoms with Gasteiger partial charge in [-0.3, -0.25) is 9.36 Å². The molecule has 0 aliphatic carbocycles. The molecule has 27 heavy (non-hydrogen) atoms. The van der Waals surface area contributed by atoms with Crippen LogP contribution in [0.1, 0.15) is 33.3 Å². The van der Waals surface area contributed by atoms with Crippen molar-refractivity contribution in [3.8, 4) is 0 Å². The van der Waals surface area contributed by atoms with Crippen molar-refractivity contribution in [3.05, 3.63) is 62.5 Å². The Labute approximate surface area is 156 Å². The highest BCUT2D eigenvalue weighted by Gasteiger charge is 2.30. The van der Waals surface area contributed by atoms with Crippen LogP contribution in [0.15, 0.2) is 35.4 Å². The average molecular weight is 396 g/mol. The third kappa shape index (κ3) is 3.73. The Kier molecular flexibility index (Phi) is 5.05. The third-order valence-electron chi connectivity index (χ3n) is 4.01. The monoisotopic (exact) mass is 396 g/mol. The molecule has 0 spiro atoms. The summed E-state index contributed by atoms with van der Waals surface area (Å²) in [7, 11) is 0. The van der Waals surface area contributed by atoms with Crippen LogP contribution in [0.3, 0.4) is 0 Å². The molecule has 0 saturated heterocycles. The standard InChI is InChI=1S/C18H15F3N2O3S/c1-3-26-17(25)14-10(2)13-15(27-14)22-9-23(16(13)24)8-11-4-6-12(7-5-11)18(19,20)21/h4-7,9H,3,8H2,1-2H3. The van der Waals surface area contributed by atoms with Gasteiger partial charge in [0.1, 0.15) is 9.71 Å². The first kappa shape index (κ1) is 19.1. The van der Waals surface area contributed by atoms with Gasteiger partial charge >= 0.3 is 12.1 Å². The lowest BCUT2D eigenvalue weighted by atomic mass is 10.1.